The van der Waals surface area contributed by atoms with E-state index in [0.29, 0.717) is 6.42 Å². The van der Waals surface area contributed by atoms with Gasteiger partial charge in [0, 0.05) is 11.5 Å². The molecule has 0 N–H and O–H groups in total. The standard InChI is InChI=1S/C11H10ClFO3S/c12-9-2-1-7(5-10(9)13)11(14)8-3-4-17(15,16)6-8/h1-2,5,8H,3-4,6H2. The molecule has 0 saturated carbocycles. The molecule has 1 atom stereocenters. The summed E-state index contributed by atoms with van der Waals surface area (Å²) in [6.45, 7) is 0. The lowest BCUT2D eigenvalue weighted by Gasteiger charge is -2.06. The van der Waals surface area contributed by atoms with Crippen LogP contribution in [0, 0.1) is 11.7 Å². The number of benzene rings is 1. The third-order valence-corrected chi connectivity index (χ3v) is 4.88. The highest BCUT2D eigenvalue weighted by Crippen LogP contribution is 2.24. The molecule has 3 nitrogen and oxygen atoms in total. The topological polar surface area (TPSA) is 51.2 Å². The number of carbonyl (C=O) groups is 1. The first-order valence-corrected chi connectivity index (χ1v) is 7.29. The zero-order valence-electron chi connectivity index (χ0n) is 8.82. The van der Waals surface area contributed by atoms with Crippen LogP contribution in [-0.2, 0) is 9.84 Å². The molecule has 1 saturated heterocycles. The number of carbonyl (C=O) groups excluding carboxylic acids is 1. The van der Waals surface area contributed by atoms with Crippen molar-refractivity contribution in [3.05, 3.63) is 34.6 Å². The van der Waals surface area contributed by atoms with Crippen molar-refractivity contribution in [3.8, 4) is 0 Å². The average Bonchev–Trinajstić information content (AvgIpc) is 2.62. The molecule has 17 heavy (non-hydrogen) atoms. The third-order valence-electron chi connectivity index (χ3n) is 2.81. The fourth-order valence-electron chi connectivity index (χ4n) is 1.89. The van der Waals surface area contributed by atoms with Crippen molar-refractivity contribution < 1.29 is 17.6 Å². The predicted molar refractivity (Wildman–Crippen MR) is 62.5 cm³/mol. The van der Waals surface area contributed by atoms with Crippen LogP contribution in [0.4, 0.5) is 4.39 Å². The molecule has 1 unspecified atom stereocenters. The van der Waals surface area contributed by atoms with E-state index in [0.717, 1.165) is 6.07 Å². The Kier molecular flexibility index (Phi) is 3.23. The first-order chi connectivity index (χ1) is 7.89. The van der Waals surface area contributed by atoms with Crippen molar-refractivity contribution >= 4 is 27.2 Å². The van der Waals surface area contributed by atoms with Crippen molar-refractivity contribution in [2.45, 2.75) is 6.42 Å². The van der Waals surface area contributed by atoms with Gasteiger partial charge in [0.1, 0.15) is 5.82 Å². The van der Waals surface area contributed by atoms with Crippen LogP contribution in [0.2, 0.25) is 5.02 Å². The molecule has 0 amide bonds. The van der Waals surface area contributed by atoms with Crippen molar-refractivity contribution in [2.75, 3.05) is 11.5 Å². The van der Waals surface area contributed by atoms with Crippen LogP contribution in [0.1, 0.15) is 16.8 Å². The lowest BCUT2D eigenvalue weighted by molar-refractivity contribution is 0.0933. The monoisotopic (exact) mass is 276 g/mol. The molecule has 1 aromatic rings. The summed E-state index contributed by atoms with van der Waals surface area (Å²) in [5.41, 5.74) is 0.175. The second kappa shape index (κ2) is 4.38. The van der Waals surface area contributed by atoms with Gasteiger partial charge in [-0.05, 0) is 24.6 Å². The number of Topliss-reactive ketones (excluding diaryl/α,β-unsaturated/α-hetero) is 1. The molecule has 0 aliphatic carbocycles. The van der Waals surface area contributed by atoms with E-state index in [1.807, 2.05) is 0 Å². The summed E-state index contributed by atoms with van der Waals surface area (Å²) in [5, 5.41) is -0.0550. The van der Waals surface area contributed by atoms with Gasteiger partial charge in [0.05, 0.1) is 16.5 Å². The van der Waals surface area contributed by atoms with E-state index in [9.17, 15) is 17.6 Å². The van der Waals surface area contributed by atoms with Gasteiger partial charge < -0.3 is 0 Å². The van der Waals surface area contributed by atoms with Gasteiger partial charge in [-0.3, -0.25) is 4.79 Å². The summed E-state index contributed by atoms with van der Waals surface area (Å²) >= 11 is 5.51. The van der Waals surface area contributed by atoms with Gasteiger partial charge in [0.25, 0.3) is 0 Å². The molecule has 1 heterocycles. The third kappa shape index (κ3) is 2.66. The molecule has 1 aliphatic heterocycles. The van der Waals surface area contributed by atoms with Crippen molar-refractivity contribution in [1.29, 1.82) is 0 Å². The van der Waals surface area contributed by atoms with Gasteiger partial charge in [-0.15, -0.1) is 0 Å². The molecule has 0 spiro atoms. The van der Waals surface area contributed by atoms with E-state index < -0.39 is 21.6 Å². The van der Waals surface area contributed by atoms with Gasteiger partial charge in [0.2, 0.25) is 0 Å². The highest BCUT2D eigenvalue weighted by atomic mass is 35.5. The van der Waals surface area contributed by atoms with Crippen LogP contribution in [0.25, 0.3) is 0 Å². The van der Waals surface area contributed by atoms with Gasteiger partial charge >= 0.3 is 0 Å². The summed E-state index contributed by atoms with van der Waals surface area (Å²) < 4.78 is 35.7. The normalized spacial score (nSPS) is 22.6. The van der Waals surface area contributed by atoms with Crippen LogP contribution in [0.3, 0.4) is 0 Å². The van der Waals surface area contributed by atoms with Gasteiger partial charge in [-0.1, -0.05) is 11.6 Å². The van der Waals surface area contributed by atoms with E-state index >= 15 is 0 Å². The molecule has 0 aromatic heterocycles. The van der Waals surface area contributed by atoms with E-state index in [1.165, 1.54) is 12.1 Å². The Bertz CT molecular complexity index is 568. The van der Waals surface area contributed by atoms with Crippen LogP contribution in [0.5, 0.6) is 0 Å². The Morgan fingerprint density at radius 3 is 2.65 bits per heavy atom. The molecule has 1 aliphatic rings. The van der Waals surface area contributed by atoms with Crippen molar-refractivity contribution in [1.82, 2.24) is 0 Å². The molecule has 2 rings (SSSR count). The number of hydrogen-bond donors (Lipinski definition) is 0. The Morgan fingerprint density at radius 2 is 2.12 bits per heavy atom. The number of rotatable bonds is 2. The number of sulfone groups is 1. The summed E-state index contributed by atoms with van der Waals surface area (Å²) in [6.07, 6.45) is 0.311. The van der Waals surface area contributed by atoms with E-state index in [4.69, 9.17) is 11.6 Å². The lowest BCUT2D eigenvalue weighted by Crippen LogP contribution is -2.16. The number of hydrogen-bond acceptors (Lipinski definition) is 3. The summed E-state index contributed by atoms with van der Waals surface area (Å²) in [7, 11) is -3.11. The van der Waals surface area contributed by atoms with Crippen LogP contribution < -0.4 is 0 Å². The molecule has 1 fully saturated rings. The zero-order chi connectivity index (χ0) is 12.6. The predicted octanol–water partition coefficient (Wildman–Crippen LogP) is 2.10. The maximum atomic E-state index is 13.2. The minimum Gasteiger partial charge on any atom is -0.294 e. The molecule has 0 radical (unpaired) electrons. The molecular formula is C11H10ClFO3S. The van der Waals surface area contributed by atoms with Gasteiger partial charge in [-0.25, -0.2) is 12.8 Å². The number of halogens is 2. The minimum absolute atomic E-state index is 0.0273. The first-order valence-electron chi connectivity index (χ1n) is 5.09. The molecule has 6 heteroatoms. The highest BCUT2D eigenvalue weighted by Gasteiger charge is 2.33. The quantitative estimate of drug-likeness (QED) is 0.777. The van der Waals surface area contributed by atoms with Crippen LogP contribution in [-0.4, -0.2) is 25.7 Å². The zero-order valence-corrected chi connectivity index (χ0v) is 10.4. The average molecular weight is 277 g/mol. The lowest BCUT2D eigenvalue weighted by atomic mass is 9.97. The van der Waals surface area contributed by atoms with E-state index in [1.54, 1.807) is 0 Å². The van der Waals surface area contributed by atoms with Crippen molar-refractivity contribution in [3.63, 3.8) is 0 Å². The molecule has 92 valence electrons. The van der Waals surface area contributed by atoms with E-state index in [-0.39, 0.29) is 27.9 Å². The Balaban J connectivity index is 2.23. The summed E-state index contributed by atoms with van der Waals surface area (Å²) in [5.74, 6) is -1.67. The fourth-order valence-corrected chi connectivity index (χ4v) is 3.75. The Labute approximate surface area is 104 Å². The Morgan fingerprint density at radius 1 is 1.41 bits per heavy atom. The second-order valence-corrected chi connectivity index (χ2v) is 6.73. The van der Waals surface area contributed by atoms with Gasteiger partial charge in [0.15, 0.2) is 15.6 Å². The van der Waals surface area contributed by atoms with Crippen LogP contribution in [0.15, 0.2) is 18.2 Å². The molecule has 1 aromatic carbocycles. The fraction of sp³-hybridized carbons (Fsp3) is 0.364. The second-order valence-electron chi connectivity index (χ2n) is 4.09. The summed E-state index contributed by atoms with van der Waals surface area (Å²) in [4.78, 5) is 11.9. The van der Waals surface area contributed by atoms with Crippen molar-refractivity contribution in [2.24, 2.45) is 5.92 Å². The molecular weight excluding hydrogens is 267 g/mol. The smallest absolute Gasteiger partial charge is 0.167 e. The maximum absolute atomic E-state index is 13.2. The SMILES string of the molecule is O=C(c1ccc(Cl)c(F)c1)C1CCS(=O)(=O)C1. The van der Waals surface area contributed by atoms with E-state index in [2.05, 4.69) is 0 Å². The molecule has 0 bridgehead atoms. The largest absolute Gasteiger partial charge is 0.294 e. The Hall–Kier alpha value is -0.940. The maximum Gasteiger partial charge on any atom is 0.167 e. The highest BCUT2D eigenvalue weighted by molar-refractivity contribution is 7.91. The van der Waals surface area contributed by atoms with Gasteiger partial charge in [-0.2, -0.15) is 0 Å². The van der Waals surface area contributed by atoms with Crippen LogP contribution >= 0.6 is 11.6 Å². The number of ketones is 1. The minimum atomic E-state index is -3.11. The first kappa shape index (κ1) is 12.5. The summed E-state index contributed by atoms with van der Waals surface area (Å²) in [6, 6.07) is 3.77.